The van der Waals surface area contributed by atoms with Crippen molar-refractivity contribution in [2.45, 2.75) is 31.3 Å². The van der Waals surface area contributed by atoms with Crippen LogP contribution in [0.1, 0.15) is 24.8 Å². The summed E-state index contributed by atoms with van der Waals surface area (Å²) in [6.07, 6.45) is 4.85. The molecule has 0 aliphatic carbocycles. The van der Waals surface area contributed by atoms with Crippen LogP contribution in [0.5, 0.6) is 0 Å². The lowest BCUT2D eigenvalue weighted by Gasteiger charge is -2.35. The highest BCUT2D eigenvalue weighted by atomic mass is 16.5. The molecule has 2 aliphatic heterocycles. The molecule has 24 heavy (non-hydrogen) atoms. The molecule has 5 heteroatoms. The van der Waals surface area contributed by atoms with Gasteiger partial charge in [-0.25, -0.2) is 0 Å². The predicted octanol–water partition coefficient (Wildman–Crippen LogP) is 2.77. The van der Waals surface area contributed by atoms with Gasteiger partial charge in [0.15, 0.2) is 0 Å². The van der Waals surface area contributed by atoms with E-state index < -0.39 is 0 Å². The van der Waals surface area contributed by atoms with Crippen LogP contribution in [0.3, 0.4) is 0 Å². The topological polar surface area (TPSA) is 51.9 Å². The second kappa shape index (κ2) is 6.57. The summed E-state index contributed by atoms with van der Waals surface area (Å²) in [4.78, 5) is 14.7. The van der Waals surface area contributed by atoms with Crippen LogP contribution in [0.25, 0.3) is 11.0 Å². The number of carbonyl (C=O) groups is 1. The molecule has 128 valence electrons. The molecule has 2 aromatic rings. The third kappa shape index (κ3) is 3.06. The van der Waals surface area contributed by atoms with Crippen LogP contribution >= 0.6 is 0 Å². The van der Waals surface area contributed by atoms with Crippen molar-refractivity contribution in [3.8, 4) is 0 Å². The Morgan fingerprint density at radius 2 is 1.92 bits per heavy atom. The number of furan rings is 1. The molecule has 1 amide bonds. The van der Waals surface area contributed by atoms with Crippen molar-refractivity contribution >= 4 is 16.9 Å². The molecule has 0 radical (unpaired) electrons. The first kappa shape index (κ1) is 15.7. The van der Waals surface area contributed by atoms with Crippen molar-refractivity contribution in [1.29, 1.82) is 0 Å². The standard InChI is InChI=1S/C19H23NO4/c21-18(13-15-14-23-17-4-2-1-3-16(15)17)20-8-5-19(24-12-9-20)6-10-22-11-7-19/h1-4,14H,5-13H2. The highest BCUT2D eigenvalue weighted by Gasteiger charge is 2.36. The molecule has 1 spiro atoms. The van der Waals surface area contributed by atoms with Gasteiger partial charge in [0.05, 0.1) is 24.9 Å². The van der Waals surface area contributed by atoms with E-state index >= 15 is 0 Å². The van der Waals surface area contributed by atoms with E-state index in [-0.39, 0.29) is 11.5 Å². The molecule has 0 N–H and O–H groups in total. The highest BCUT2D eigenvalue weighted by Crippen LogP contribution is 2.31. The van der Waals surface area contributed by atoms with Crippen LogP contribution in [0, 0.1) is 0 Å². The van der Waals surface area contributed by atoms with Gasteiger partial charge in [0.1, 0.15) is 5.58 Å². The minimum atomic E-state index is -0.0877. The van der Waals surface area contributed by atoms with Gasteiger partial charge in [0, 0.05) is 37.3 Å². The molecule has 4 rings (SSSR count). The van der Waals surface area contributed by atoms with E-state index in [0.717, 1.165) is 55.6 Å². The van der Waals surface area contributed by atoms with Gasteiger partial charge in [0.25, 0.3) is 0 Å². The number of nitrogens with zero attached hydrogens (tertiary/aromatic N) is 1. The lowest BCUT2D eigenvalue weighted by Crippen LogP contribution is -2.40. The first-order valence-electron chi connectivity index (χ1n) is 8.70. The average Bonchev–Trinajstić information content (AvgIpc) is 2.90. The monoisotopic (exact) mass is 329 g/mol. The van der Waals surface area contributed by atoms with Crippen molar-refractivity contribution < 1.29 is 18.7 Å². The molecule has 2 fully saturated rings. The first-order chi connectivity index (χ1) is 11.8. The summed E-state index contributed by atoms with van der Waals surface area (Å²) in [5.74, 6) is 0.147. The Bertz CT molecular complexity index is 717. The Morgan fingerprint density at radius 3 is 2.79 bits per heavy atom. The zero-order valence-electron chi connectivity index (χ0n) is 13.8. The fourth-order valence-corrected chi connectivity index (χ4v) is 3.73. The summed E-state index contributed by atoms with van der Waals surface area (Å²) in [6.45, 7) is 3.55. The third-order valence-electron chi connectivity index (χ3n) is 5.27. The average molecular weight is 329 g/mol. The number of hydrogen-bond acceptors (Lipinski definition) is 4. The number of ether oxygens (including phenoxy) is 2. The van der Waals surface area contributed by atoms with Crippen molar-refractivity contribution in [3.63, 3.8) is 0 Å². The summed E-state index contributed by atoms with van der Waals surface area (Å²) in [6, 6.07) is 7.85. The fourth-order valence-electron chi connectivity index (χ4n) is 3.73. The number of fused-ring (bicyclic) bond motifs is 1. The van der Waals surface area contributed by atoms with Gasteiger partial charge in [-0.15, -0.1) is 0 Å². The van der Waals surface area contributed by atoms with Crippen LogP contribution in [0.15, 0.2) is 34.9 Å². The summed E-state index contributed by atoms with van der Waals surface area (Å²) in [5.41, 5.74) is 1.71. The smallest absolute Gasteiger partial charge is 0.227 e. The van der Waals surface area contributed by atoms with Gasteiger partial charge in [-0.05, 0) is 25.3 Å². The summed E-state index contributed by atoms with van der Waals surface area (Å²) in [5, 5.41) is 1.03. The number of para-hydroxylation sites is 1. The largest absolute Gasteiger partial charge is 0.464 e. The molecule has 2 saturated heterocycles. The number of rotatable bonds is 2. The van der Waals surface area contributed by atoms with E-state index in [2.05, 4.69) is 0 Å². The van der Waals surface area contributed by atoms with Crippen molar-refractivity contribution in [2.75, 3.05) is 32.9 Å². The van der Waals surface area contributed by atoms with E-state index in [1.807, 2.05) is 29.2 Å². The zero-order valence-corrected chi connectivity index (χ0v) is 13.8. The highest BCUT2D eigenvalue weighted by molar-refractivity contribution is 5.87. The maximum absolute atomic E-state index is 12.7. The van der Waals surface area contributed by atoms with Crippen LogP contribution in [-0.4, -0.2) is 49.3 Å². The van der Waals surface area contributed by atoms with E-state index in [1.54, 1.807) is 6.26 Å². The lowest BCUT2D eigenvalue weighted by atomic mass is 9.90. The lowest BCUT2D eigenvalue weighted by molar-refractivity contribution is -0.130. The van der Waals surface area contributed by atoms with Gasteiger partial charge in [-0.1, -0.05) is 18.2 Å². The first-order valence-corrected chi connectivity index (χ1v) is 8.70. The quantitative estimate of drug-likeness (QED) is 0.850. The molecule has 2 aliphatic rings. The van der Waals surface area contributed by atoms with Gasteiger partial charge >= 0.3 is 0 Å². The van der Waals surface area contributed by atoms with Gasteiger partial charge in [-0.2, -0.15) is 0 Å². The van der Waals surface area contributed by atoms with Crippen LogP contribution < -0.4 is 0 Å². The second-order valence-corrected chi connectivity index (χ2v) is 6.71. The minimum absolute atomic E-state index is 0.0877. The molecule has 3 heterocycles. The normalized spacial score (nSPS) is 21.1. The predicted molar refractivity (Wildman–Crippen MR) is 89.9 cm³/mol. The molecular formula is C19H23NO4. The van der Waals surface area contributed by atoms with Crippen molar-refractivity contribution in [3.05, 3.63) is 36.1 Å². The number of hydrogen-bond donors (Lipinski definition) is 0. The number of carbonyl (C=O) groups excluding carboxylic acids is 1. The Morgan fingerprint density at radius 1 is 1.08 bits per heavy atom. The van der Waals surface area contributed by atoms with Crippen molar-refractivity contribution in [1.82, 2.24) is 4.90 Å². The van der Waals surface area contributed by atoms with Gasteiger partial charge in [0.2, 0.25) is 5.91 Å². The van der Waals surface area contributed by atoms with E-state index in [1.165, 1.54) is 0 Å². The summed E-state index contributed by atoms with van der Waals surface area (Å²) < 4.78 is 17.1. The maximum atomic E-state index is 12.7. The SMILES string of the molecule is O=C(Cc1coc2ccccc12)N1CCOC2(CCOCC2)CC1. The van der Waals surface area contributed by atoms with E-state index in [0.29, 0.717) is 19.6 Å². The fraction of sp³-hybridized carbons (Fsp3) is 0.526. The van der Waals surface area contributed by atoms with Crippen LogP contribution in [-0.2, 0) is 20.7 Å². The molecule has 0 saturated carbocycles. The van der Waals surface area contributed by atoms with E-state index in [9.17, 15) is 4.79 Å². The van der Waals surface area contributed by atoms with Crippen LogP contribution in [0.2, 0.25) is 0 Å². The molecule has 1 aromatic heterocycles. The van der Waals surface area contributed by atoms with E-state index in [4.69, 9.17) is 13.9 Å². The second-order valence-electron chi connectivity index (χ2n) is 6.71. The summed E-state index contributed by atoms with van der Waals surface area (Å²) in [7, 11) is 0. The Balaban J connectivity index is 1.43. The maximum Gasteiger partial charge on any atom is 0.227 e. The number of benzene rings is 1. The Kier molecular flexibility index (Phi) is 4.29. The third-order valence-corrected chi connectivity index (χ3v) is 5.27. The van der Waals surface area contributed by atoms with Gasteiger partial charge < -0.3 is 18.8 Å². The molecular weight excluding hydrogens is 306 g/mol. The zero-order chi connectivity index (χ0) is 16.4. The molecule has 0 atom stereocenters. The van der Waals surface area contributed by atoms with Gasteiger partial charge in [-0.3, -0.25) is 4.79 Å². The Labute approximate surface area is 141 Å². The van der Waals surface area contributed by atoms with Crippen LogP contribution in [0.4, 0.5) is 0 Å². The Hall–Kier alpha value is -1.85. The molecule has 5 nitrogen and oxygen atoms in total. The summed E-state index contributed by atoms with van der Waals surface area (Å²) >= 11 is 0. The molecule has 0 unspecified atom stereocenters. The molecule has 1 aromatic carbocycles. The van der Waals surface area contributed by atoms with Crippen molar-refractivity contribution in [2.24, 2.45) is 0 Å². The minimum Gasteiger partial charge on any atom is -0.464 e. The molecule has 0 bridgehead atoms. The number of amides is 1.